The zero-order chi connectivity index (χ0) is 20.0. The van der Waals surface area contributed by atoms with Crippen molar-refractivity contribution < 1.29 is 4.79 Å². The summed E-state index contributed by atoms with van der Waals surface area (Å²) in [4.78, 5) is 24.5. The lowest BCUT2D eigenvalue weighted by molar-refractivity contribution is -0.125. The van der Waals surface area contributed by atoms with E-state index in [-0.39, 0.29) is 5.91 Å². The minimum absolute atomic E-state index is 0.0834. The van der Waals surface area contributed by atoms with E-state index in [2.05, 4.69) is 45.1 Å². The van der Waals surface area contributed by atoms with Crippen LogP contribution in [0.15, 0.2) is 64.8 Å². The fourth-order valence-corrected chi connectivity index (χ4v) is 4.49. The Hall–Kier alpha value is -2.63. The average molecular weight is 407 g/mol. The number of hydrogen-bond donors (Lipinski definition) is 0. The molecule has 3 aliphatic rings. The van der Waals surface area contributed by atoms with Crippen molar-refractivity contribution in [3.05, 3.63) is 81.5 Å². The molecule has 0 fully saturated rings. The summed E-state index contributed by atoms with van der Waals surface area (Å²) in [6.07, 6.45) is 0. The Kier molecular flexibility index (Phi) is 4.64. The van der Waals surface area contributed by atoms with Gasteiger partial charge in [-0.2, -0.15) is 0 Å². The molecular formula is C23H23ClN4O. The van der Waals surface area contributed by atoms with E-state index >= 15 is 0 Å². The van der Waals surface area contributed by atoms with Crippen LogP contribution in [0.3, 0.4) is 0 Å². The molecule has 29 heavy (non-hydrogen) atoms. The summed E-state index contributed by atoms with van der Waals surface area (Å²) < 4.78 is 0. The summed E-state index contributed by atoms with van der Waals surface area (Å²) in [5.41, 5.74) is 5.40. The van der Waals surface area contributed by atoms with Gasteiger partial charge in [-0.1, -0.05) is 54.1 Å². The van der Waals surface area contributed by atoms with Gasteiger partial charge >= 0.3 is 0 Å². The Morgan fingerprint density at radius 2 is 1.86 bits per heavy atom. The van der Waals surface area contributed by atoms with Crippen molar-refractivity contribution in [1.82, 2.24) is 14.7 Å². The Balaban J connectivity index is 1.39. The molecule has 6 heteroatoms. The third-order valence-electron chi connectivity index (χ3n) is 5.80. The predicted molar refractivity (Wildman–Crippen MR) is 114 cm³/mol. The lowest BCUT2D eigenvalue weighted by Crippen LogP contribution is -2.49. The number of guanidine groups is 1. The zero-order valence-electron chi connectivity index (χ0n) is 16.4. The molecule has 148 valence electrons. The minimum atomic E-state index is 0.0834. The maximum absolute atomic E-state index is 13.4. The molecule has 0 aromatic heterocycles. The summed E-state index contributed by atoms with van der Waals surface area (Å²) in [5.74, 6) is 0.878. The topological polar surface area (TPSA) is 39.2 Å². The van der Waals surface area contributed by atoms with Gasteiger partial charge in [0, 0.05) is 36.9 Å². The van der Waals surface area contributed by atoms with Crippen LogP contribution in [0.25, 0.3) is 0 Å². The molecule has 0 saturated heterocycles. The lowest BCUT2D eigenvalue weighted by Gasteiger charge is -2.35. The number of carbonyl (C=O) groups excluding carboxylic acids is 1. The molecule has 2 aromatic carbocycles. The molecule has 0 aliphatic carbocycles. The molecule has 5 nitrogen and oxygen atoms in total. The van der Waals surface area contributed by atoms with Gasteiger partial charge in [0.25, 0.3) is 5.91 Å². The summed E-state index contributed by atoms with van der Waals surface area (Å²) in [6.45, 7) is 6.40. The number of benzene rings is 2. The van der Waals surface area contributed by atoms with Crippen LogP contribution in [0.2, 0.25) is 5.02 Å². The maximum atomic E-state index is 13.4. The lowest BCUT2D eigenvalue weighted by atomic mass is 10.1. The van der Waals surface area contributed by atoms with E-state index in [9.17, 15) is 4.79 Å². The highest BCUT2D eigenvalue weighted by atomic mass is 35.5. The quantitative estimate of drug-likeness (QED) is 0.780. The van der Waals surface area contributed by atoms with Gasteiger partial charge in [0.15, 0.2) is 0 Å². The van der Waals surface area contributed by atoms with Crippen LogP contribution in [-0.4, -0.2) is 52.7 Å². The Bertz CT molecular complexity index is 1030. The van der Waals surface area contributed by atoms with Crippen molar-refractivity contribution in [2.24, 2.45) is 4.99 Å². The number of aliphatic imine (C=N–C) groups is 1. The second kappa shape index (κ2) is 7.32. The Morgan fingerprint density at radius 3 is 2.66 bits per heavy atom. The molecule has 2 aromatic rings. The van der Waals surface area contributed by atoms with Crippen molar-refractivity contribution in [1.29, 1.82) is 0 Å². The van der Waals surface area contributed by atoms with E-state index in [0.29, 0.717) is 13.1 Å². The van der Waals surface area contributed by atoms with E-state index in [0.717, 1.165) is 59.6 Å². The molecular weight excluding hydrogens is 384 g/mol. The first-order valence-corrected chi connectivity index (χ1v) is 10.3. The SMILES string of the molecule is Cc1cc(CN2C(=O)C3=C(CN(Cc4ccccc4)C3)N3CCN=C23)ccc1Cl. The minimum Gasteiger partial charge on any atom is -0.312 e. The highest BCUT2D eigenvalue weighted by molar-refractivity contribution is 6.31. The second-order valence-electron chi connectivity index (χ2n) is 7.86. The molecule has 0 bridgehead atoms. The number of hydrogen-bond acceptors (Lipinski definition) is 4. The predicted octanol–water partition coefficient (Wildman–Crippen LogP) is 3.43. The van der Waals surface area contributed by atoms with Gasteiger partial charge in [0.05, 0.1) is 18.7 Å². The van der Waals surface area contributed by atoms with Crippen molar-refractivity contribution in [2.45, 2.75) is 20.0 Å². The molecule has 3 aliphatic heterocycles. The number of amides is 1. The van der Waals surface area contributed by atoms with Crippen LogP contribution < -0.4 is 0 Å². The van der Waals surface area contributed by atoms with Gasteiger partial charge < -0.3 is 4.90 Å². The first-order chi connectivity index (χ1) is 14.1. The third-order valence-corrected chi connectivity index (χ3v) is 6.23. The van der Waals surface area contributed by atoms with Gasteiger partial charge in [0.1, 0.15) is 0 Å². The fraction of sp³-hybridized carbons (Fsp3) is 0.304. The summed E-state index contributed by atoms with van der Waals surface area (Å²) in [6, 6.07) is 16.4. The maximum Gasteiger partial charge on any atom is 0.259 e. The Labute approximate surface area is 175 Å². The fourth-order valence-electron chi connectivity index (χ4n) is 4.38. The summed E-state index contributed by atoms with van der Waals surface area (Å²) >= 11 is 6.17. The number of rotatable bonds is 4. The Morgan fingerprint density at radius 1 is 1.03 bits per heavy atom. The van der Waals surface area contributed by atoms with E-state index in [4.69, 9.17) is 11.6 Å². The molecule has 0 unspecified atom stereocenters. The van der Waals surface area contributed by atoms with Crippen molar-refractivity contribution in [3.8, 4) is 0 Å². The van der Waals surface area contributed by atoms with Gasteiger partial charge in [-0.05, 0) is 29.7 Å². The van der Waals surface area contributed by atoms with Gasteiger partial charge in [-0.3, -0.25) is 19.6 Å². The van der Waals surface area contributed by atoms with E-state index < -0.39 is 0 Å². The van der Waals surface area contributed by atoms with Crippen molar-refractivity contribution >= 4 is 23.5 Å². The van der Waals surface area contributed by atoms with E-state index in [1.54, 1.807) is 0 Å². The summed E-state index contributed by atoms with van der Waals surface area (Å²) in [7, 11) is 0. The van der Waals surface area contributed by atoms with Crippen LogP contribution in [-0.2, 0) is 17.9 Å². The normalized spacial score (nSPS) is 19.0. The van der Waals surface area contributed by atoms with Crippen molar-refractivity contribution in [2.75, 3.05) is 26.2 Å². The van der Waals surface area contributed by atoms with Crippen LogP contribution in [0.5, 0.6) is 0 Å². The number of carbonyl (C=O) groups is 1. The first-order valence-electron chi connectivity index (χ1n) is 9.97. The van der Waals surface area contributed by atoms with Crippen LogP contribution >= 0.6 is 11.6 Å². The molecule has 3 heterocycles. The zero-order valence-corrected chi connectivity index (χ0v) is 17.2. The van der Waals surface area contributed by atoms with Gasteiger partial charge in [0.2, 0.25) is 5.96 Å². The van der Waals surface area contributed by atoms with Crippen molar-refractivity contribution in [3.63, 3.8) is 0 Å². The van der Waals surface area contributed by atoms with Crippen LogP contribution in [0, 0.1) is 6.92 Å². The number of nitrogens with zero attached hydrogens (tertiary/aromatic N) is 4. The molecule has 0 N–H and O–H groups in total. The molecule has 0 radical (unpaired) electrons. The van der Waals surface area contributed by atoms with Crippen LogP contribution in [0.1, 0.15) is 16.7 Å². The number of fused-ring (bicyclic) bond motifs is 2. The third kappa shape index (κ3) is 3.34. The smallest absolute Gasteiger partial charge is 0.259 e. The monoisotopic (exact) mass is 406 g/mol. The summed E-state index contributed by atoms with van der Waals surface area (Å²) in [5, 5.41) is 0.746. The molecule has 0 spiro atoms. The highest BCUT2D eigenvalue weighted by Gasteiger charge is 2.42. The van der Waals surface area contributed by atoms with Crippen LogP contribution in [0.4, 0.5) is 0 Å². The standard InChI is InChI=1S/C23H23ClN4O/c1-16-11-18(7-8-20(16)24)13-28-22(29)19-14-26(12-17-5-3-2-4-6-17)15-21(19)27-10-9-25-23(27)28/h2-8,11H,9-10,12-15H2,1H3. The molecule has 5 rings (SSSR count). The molecule has 0 atom stereocenters. The highest BCUT2D eigenvalue weighted by Crippen LogP contribution is 2.32. The van der Waals surface area contributed by atoms with E-state index in [1.807, 2.05) is 30.0 Å². The molecule has 1 amide bonds. The second-order valence-corrected chi connectivity index (χ2v) is 8.27. The largest absolute Gasteiger partial charge is 0.312 e. The van der Waals surface area contributed by atoms with Gasteiger partial charge in [-0.15, -0.1) is 0 Å². The number of halogens is 1. The first kappa shape index (κ1) is 18.4. The molecule has 0 saturated carbocycles. The van der Waals surface area contributed by atoms with Gasteiger partial charge in [-0.25, -0.2) is 0 Å². The van der Waals surface area contributed by atoms with E-state index in [1.165, 1.54) is 5.56 Å². The number of aryl methyl sites for hydroxylation is 1. The average Bonchev–Trinajstić information content (AvgIpc) is 3.36.